The van der Waals surface area contributed by atoms with Crippen LogP contribution in [0.4, 0.5) is 0 Å². The minimum absolute atomic E-state index is 0.155. The van der Waals surface area contributed by atoms with E-state index in [2.05, 4.69) is 10.6 Å². The zero-order chi connectivity index (χ0) is 12.1. The predicted octanol–water partition coefficient (Wildman–Crippen LogP) is -1.68. The van der Waals surface area contributed by atoms with Gasteiger partial charge in [0.2, 0.25) is 0 Å². The highest BCUT2D eigenvalue weighted by Gasteiger charge is 2.17. The number of benzene rings is 1. The molecule has 1 fully saturated rings. The van der Waals surface area contributed by atoms with E-state index in [1.54, 1.807) is 12.1 Å². The zero-order valence-corrected chi connectivity index (χ0v) is 9.73. The van der Waals surface area contributed by atoms with Crippen LogP contribution in [0.15, 0.2) is 30.3 Å². The number of amides is 1. The number of hydrogen-bond donors (Lipinski definition) is 3. The van der Waals surface area contributed by atoms with E-state index < -0.39 is 0 Å². The van der Waals surface area contributed by atoms with Crippen LogP contribution in [0.25, 0.3) is 0 Å². The largest absolute Gasteiger partial charge is 0.351 e. The molecule has 90 valence electrons. The minimum Gasteiger partial charge on any atom is -0.341 e. The van der Waals surface area contributed by atoms with E-state index in [9.17, 15) is 4.79 Å². The van der Waals surface area contributed by atoms with Crippen LogP contribution in [-0.2, 0) is 0 Å². The lowest BCUT2D eigenvalue weighted by atomic mass is 10.2. The molecular formula is C12H18N4O+2. The van der Waals surface area contributed by atoms with Gasteiger partial charge >= 0.3 is 11.9 Å². The summed E-state index contributed by atoms with van der Waals surface area (Å²) in [7, 11) is 0. The van der Waals surface area contributed by atoms with Crippen LogP contribution < -0.4 is 16.4 Å². The van der Waals surface area contributed by atoms with Gasteiger partial charge in [-0.1, -0.05) is 18.2 Å². The fourth-order valence-electron chi connectivity index (χ4n) is 1.85. The zero-order valence-electron chi connectivity index (χ0n) is 9.73. The second-order valence-electron chi connectivity index (χ2n) is 4.06. The molecule has 0 bridgehead atoms. The Morgan fingerprint density at radius 2 is 1.88 bits per heavy atom. The summed E-state index contributed by atoms with van der Waals surface area (Å²) < 4.78 is 2.00. The molecule has 5 N–H and O–H groups in total. The van der Waals surface area contributed by atoms with Crippen molar-refractivity contribution in [3.05, 3.63) is 35.9 Å². The van der Waals surface area contributed by atoms with E-state index in [4.69, 9.17) is 5.73 Å². The summed E-state index contributed by atoms with van der Waals surface area (Å²) in [5.74, 6) is 0.296. The number of piperazine rings is 1. The molecule has 1 amide bonds. The van der Waals surface area contributed by atoms with Gasteiger partial charge in [-0.25, -0.2) is 5.32 Å². The number of nitrogens with two attached hydrogens (primary N) is 2. The summed E-state index contributed by atoms with van der Waals surface area (Å²) in [6.45, 7) is 3.78. The molecule has 5 heteroatoms. The van der Waals surface area contributed by atoms with Crippen molar-refractivity contribution >= 4 is 11.9 Å². The Balaban J connectivity index is 2.03. The quantitative estimate of drug-likeness (QED) is 0.401. The molecule has 1 aliphatic rings. The maximum Gasteiger partial charge on any atom is 0.351 e. The van der Waals surface area contributed by atoms with Crippen LogP contribution in [0.3, 0.4) is 0 Å². The number of carbonyl (C=O) groups is 1. The van der Waals surface area contributed by atoms with Gasteiger partial charge < -0.3 is 5.32 Å². The molecule has 0 radical (unpaired) electrons. The van der Waals surface area contributed by atoms with Crippen molar-refractivity contribution in [3.8, 4) is 0 Å². The average molecular weight is 234 g/mol. The fraction of sp³-hybridized carbons (Fsp3) is 0.333. The van der Waals surface area contributed by atoms with Gasteiger partial charge in [0.15, 0.2) is 0 Å². The maximum atomic E-state index is 11.9. The Labute approximate surface area is 100 Å². The predicted molar refractivity (Wildman–Crippen MR) is 64.8 cm³/mol. The molecule has 0 atom stereocenters. The van der Waals surface area contributed by atoms with Crippen molar-refractivity contribution in [1.82, 2.24) is 5.32 Å². The minimum atomic E-state index is -0.155. The number of nitrogens with zero attached hydrogens (tertiary/aromatic N) is 1. The lowest BCUT2D eigenvalue weighted by Gasteiger charge is -2.14. The summed E-state index contributed by atoms with van der Waals surface area (Å²) in [4.78, 5) is 11.9. The van der Waals surface area contributed by atoms with E-state index >= 15 is 0 Å². The Morgan fingerprint density at radius 3 is 2.53 bits per heavy atom. The van der Waals surface area contributed by atoms with Gasteiger partial charge in [0.25, 0.3) is 0 Å². The van der Waals surface area contributed by atoms with Gasteiger partial charge in [0.1, 0.15) is 26.2 Å². The standard InChI is InChI=1S/C12H16N4O/c13-12(16-8-6-14-7-9-16)15-11(17)10-4-2-1-3-5-10/h1-5,14H,6-9H2,(H2,13,15,17)/p+2. The molecular weight excluding hydrogens is 216 g/mol. The van der Waals surface area contributed by atoms with Crippen molar-refractivity contribution in [1.29, 1.82) is 0 Å². The monoisotopic (exact) mass is 234 g/mol. The number of hydrogen-bond acceptors (Lipinski definition) is 1. The molecule has 1 aromatic carbocycles. The first-order valence-corrected chi connectivity index (χ1v) is 5.83. The second kappa shape index (κ2) is 5.45. The first-order chi connectivity index (χ1) is 8.27. The number of guanidine groups is 1. The Morgan fingerprint density at radius 1 is 1.24 bits per heavy atom. The number of rotatable bonds is 1. The van der Waals surface area contributed by atoms with Crippen LogP contribution in [0.5, 0.6) is 0 Å². The van der Waals surface area contributed by atoms with Gasteiger partial charge in [0.05, 0.1) is 5.56 Å². The third-order valence-electron chi connectivity index (χ3n) is 2.82. The normalized spacial score (nSPS) is 15.4. The van der Waals surface area contributed by atoms with Crippen LogP contribution in [0.2, 0.25) is 0 Å². The molecule has 1 heterocycles. The molecule has 17 heavy (non-hydrogen) atoms. The molecule has 2 rings (SSSR count). The SMILES string of the molecule is NC(NC(=O)c1ccccc1)=[N+]1CC[NH2+]CC1. The molecule has 0 aliphatic carbocycles. The molecule has 5 nitrogen and oxygen atoms in total. The van der Waals surface area contributed by atoms with Crippen molar-refractivity contribution in [2.24, 2.45) is 5.73 Å². The highest BCUT2D eigenvalue weighted by Crippen LogP contribution is 1.97. The van der Waals surface area contributed by atoms with Gasteiger partial charge in [-0.2, -0.15) is 0 Å². The first kappa shape index (κ1) is 11.6. The third kappa shape index (κ3) is 3.04. The van der Waals surface area contributed by atoms with Crippen LogP contribution >= 0.6 is 0 Å². The highest BCUT2D eigenvalue weighted by molar-refractivity contribution is 6.03. The van der Waals surface area contributed by atoms with Gasteiger partial charge in [-0.05, 0) is 12.1 Å². The van der Waals surface area contributed by atoms with Crippen LogP contribution in [-0.4, -0.2) is 42.6 Å². The maximum absolute atomic E-state index is 11.9. The Hall–Kier alpha value is -1.88. The van der Waals surface area contributed by atoms with E-state index in [0.29, 0.717) is 11.5 Å². The summed E-state index contributed by atoms with van der Waals surface area (Å²) in [6, 6.07) is 9.09. The second-order valence-corrected chi connectivity index (χ2v) is 4.06. The van der Waals surface area contributed by atoms with Crippen LogP contribution in [0, 0.1) is 0 Å². The smallest absolute Gasteiger partial charge is 0.341 e. The molecule has 0 aromatic heterocycles. The highest BCUT2D eigenvalue weighted by atomic mass is 16.1. The van der Waals surface area contributed by atoms with E-state index in [-0.39, 0.29) is 5.91 Å². The van der Waals surface area contributed by atoms with E-state index in [1.165, 1.54) is 0 Å². The molecule has 1 aliphatic heterocycles. The number of nitrogens with one attached hydrogen (secondary N) is 1. The molecule has 1 aromatic rings. The van der Waals surface area contributed by atoms with Crippen LogP contribution in [0.1, 0.15) is 10.4 Å². The van der Waals surface area contributed by atoms with Gasteiger partial charge in [-0.15, -0.1) is 0 Å². The summed E-state index contributed by atoms with van der Waals surface area (Å²) >= 11 is 0. The van der Waals surface area contributed by atoms with Crippen molar-refractivity contribution in [3.63, 3.8) is 0 Å². The first-order valence-electron chi connectivity index (χ1n) is 5.83. The summed E-state index contributed by atoms with van der Waals surface area (Å²) in [6.07, 6.45) is 0. The summed E-state index contributed by atoms with van der Waals surface area (Å²) in [5, 5.41) is 4.97. The van der Waals surface area contributed by atoms with E-state index in [0.717, 1.165) is 26.2 Å². The molecule has 1 saturated heterocycles. The third-order valence-corrected chi connectivity index (χ3v) is 2.82. The lowest BCUT2D eigenvalue weighted by molar-refractivity contribution is -0.739. The summed E-state index contributed by atoms with van der Waals surface area (Å²) in [5.41, 5.74) is 6.51. The van der Waals surface area contributed by atoms with Gasteiger partial charge in [0, 0.05) is 0 Å². The fourth-order valence-corrected chi connectivity index (χ4v) is 1.85. The lowest BCUT2D eigenvalue weighted by Crippen LogP contribution is -2.89. The van der Waals surface area contributed by atoms with Crippen molar-refractivity contribution in [2.45, 2.75) is 0 Å². The number of carbonyl (C=O) groups excluding carboxylic acids is 1. The van der Waals surface area contributed by atoms with Crippen molar-refractivity contribution in [2.75, 3.05) is 26.2 Å². The Bertz CT molecular complexity index is 419. The molecule has 0 unspecified atom stereocenters. The topological polar surface area (TPSA) is 74.7 Å². The average Bonchev–Trinajstić information content (AvgIpc) is 2.40. The number of quaternary nitrogens is 1. The van der Waals surface area contributed by atoms with E-state index in [1.807, 2.05) is 22.8 Å². The van der Waals surface area contributed by atoms with Crippen molar-refractivity contribution < 1.29 is 14.7 Å². The molecule has 0 spiro atoms. The Kier molecular flexibility index (Phi) is 3.72. The molecule has 0 saturated carbocycles. The van der Waals surface area contributed by atoms with Gasteiger partial charge in [-0.3, -0.25) is 15.1 Å².